The molecule has 0 aliphatic carbocycles. The number of nitrogens with one attached hydrogen (secondary N) is 1. The van der Waals surface area contributed by atoms with Crippen molar-refractivity contribution in [2.45, 2.75) is 26.8 Å². The smallest absolute Gasteiger partial charge is 0.125 e. The minimum Gasteiger partial charge on any atom is -0.496 e. The summed E-state index contributed by atoms with van der Waals surface area (Å²) in [5, 5.41) is 3.32. The number of anilines is 1. The first-order chi connectivity index (χ1) is 10.0. The van der Waals surface area contributed by atoms with Gasteiger partial charge in [-0.25, -0.2) is 0 Å². The van der Waals surface area contributed by atoms with E-state index in [0.717, 1.165) is 25.4 Å². The lowest BCUT2D eigenvalue weighted by atomic mass is 10.0. The van der Waals surface area contributed by atoms with E-state index in [4.69, 9.17) is 9.47 Å². The summed E-state index contributed by atoms with van der Waals surface area (Å²) >= 11 is 0. The Labute approximate surface area is 129 Å². The highest BCUT2D eigenvalue weighted by molar-refractivity contribution is 5.61. The molecule has 0 saturated carbocycles. The van der Waals surface area contributed by atoms with E-state index in [2.05, 4.69) is 43.1 Å². The average Bonchev–Trinajstić information content (AvgIpc) is 2.49. The molecule has 0 aliphatic heterocycles. The normalized spacial score (nSPS) is 12.5. The molecule has 0 aliphatic rings. The second kappa shape index (κ2) is 8.90. The number of hydrogen-bond donors (Lipinski definition) is 1. The van der Waals surface area contributed by atoms with Gasteiger partial charge in [0.05, 0.1) is 13.7 Å². The number of benzene rings is 1. The Hall–Kier alpha value is -1.26. The Morgan fingerprint density at radius 2 is 1.90 bits per heavy atom. The van der Waals surface area contributed by atoms with Gasteiger partial charge in [-0.2, -0.15) is 0 Å². The standard InChI is InChI=1S/C17H30N2O2/c1-13(2)12-19(10-11-20-5)15-8-7-9-16(21-6)17(15)14(3)18-4/h7-9,13-14,18H,10-12H2,1-6H3. The zero-order chi connectivity index (χ0) is 15.8. The van der Waals surface area contributed by atoms with Crippen LogP contribution in [-0.4, -0.2) is 41.0 Å². The largest absolute Gasteiger partial charge is 0.496 e. The van der Waals surface area contributed by atoms with Crippen molar-refractivity contribution < 1.29 is 9.47 Å². The number of nitrogens with zero attached hydrogens (tertiary/aromatic N) is 1. The number of ether oxygens (including phenoxy) is 2. The maximum absolute atomic E-state index is 5.57. The summed E-state index contributed by atoms with van der Waals surface area (Å²) in [6.45, 7) is 9.23. The van der Waals surface area contributed by atoms with Crippen LogP contribution in [0.25, 0.3) is 0 Å². The highest BCUT2D eigenvalue weighted by Crippen LogP contribution is 2.34. The van der Waals surface area contributed by atoms with E-state index >= 15 is 0 Å². The molecule has 4 nitrogen and oxygen atoms in total. The van der Waals surface area contributed by atoms with Gasteiger partial charge in [0, 0.05) is 37.5 Å². The minimum atomic E-state index is 0.230. The fourth-order valence-corrected chi connectivity index (χ4v) is 2.52. The van der Waals surface area contributed by atoms with Crippen molar-refractivity contribution in [3.8, 4) is 5.75 Å². The zero-order valence-corrected chi connectivity index (χ0v) is 14.3. The van der Waals surface area contributed by atoms with E-state index in [9.17, 15) is 0 Å². The predicted molar refractivity (Wildman–Crippen MR) is 89.4 cm³/mol. The van der Waals surface area contributed by atoms with Gasteiger partial charge in [-0.05, 0) is 32.0 Å². The van der Waals surface area contributed by atoms with E-state index < -0.39 is 0 Å². The Bertz CT molecular complexity index is 421. The molecule has 1 aromatic carbocycles. The van der Waals surface area contributed by atoms with Gasteiger partial charge in [0.2, 0.25) is 0 Å². The first kappa shape index (κ1) is 17.8. The van der Waals surface area contributed by atoms with Crippen molar-refractivity contribution in [3.63, 3.8) is 0 Å². The number of hydrogen-bond acceptors (Lipinski definition) is 4. The van der Waals surface area contributed by atoms with Crippen LogP contribution in [0, 0.1) is 5.92 Å². The molecule has 0 bridgehead atoms. The first-order valence-electron chi connectivity index (χ1n) is 7.63. The van der Waals surface area contributed by atoms with E-state index in [1.165, 1.54) is 11.3 Å². The van der Waals surface area contributed by atoms with E-state index in [1.54, 1.807) is 14.2 Å². The van der Waals surface area contributed by atoms with Gasteiger partial charge >= 0.3 is 0 Å². The molecule has 0 aromatic heterocycles. The van der Waals surface area contributed by atoms with E-state index in [0.29, 0.717) is 5.92 Å². The fraction of sp³-hybridized carbons (Fsp3) is 0.647. The highest BCUT2D eigenvalue weighted by atomic mass is 16.5. The third kappa shape index (κ3) is 4.90. The van der Waals surface area contributed by atoms with Crippen molar-refractivity contribution in [1.29, 1.82) is 0 Å². The zero-order valence-electron chi connectivity index (χ0n) is 14.3. The maximum Gasteiger partial charge on any atom is 0.125 e. The second-order valence-electron chi connectivity index (χ2n) is 5.74. The molecule has 0 spiro atoms. The highest BCUT2D eigenvalue weighted by Gasteiger charge is 2.19. The molecule has 1 unspecified atom stereocenters. The van der Waals surface area contributed by atoms with Gasteiger partial charge in [0.15, 0.2) is 0 Å². The topological polar surface area (TPSA) is 33.7 Å². The Kier molecular flexibility index (Phi) is 7.54. The fourth-order valence-electron chi connectivity index (χ4n) is 2.52. The molecule has 0 amide bonds. The SMILES string of the molecule is CNC(C)c1c(OC)cccc1N(CCOC)CC(C)C. The second-order valence-corrected chi connectivity index (χ2v) is 5.74. The van der Waals surface area contributed by atoms with Crippen LogP contribution >= 0.6 is 0 Å². The van der Waals surface area contributed by atoms with Gasteiger partial charge in [-0.3, -0.25) is 0 Å². The monoisotopic (exact) mass is 294 g/mol. The summed E-state index contributed by atoms with van der Waals surface area (Å²) in [5.74, 6) is 1.52. The molecule has 1 atom stereocenters. The van der Waals surface area contributed by atoms with E-state index in [1.807, 2.05) is 13.1 Å². The summed E-state index contributed by atoms with van der Waals surface area (Å²) in [7, 11) is 5.45. The van der Waals surface area contributed by atoms with Gasteiger partial charge in [0.25, 0.3) is 0 Å². The summed E-state index contributed by atoms with van der Waals surface area (Å²) in [6.07, 6.45) is 0. The molecule has 0 saturated heterocycles. The van der Waals surface area contributed by atoms with Crippen molar-refractivity contribution in [1.82, 2.24) is 5.32 Å². The van der Waals surface area contributed by atoms with Crippen LogP contribution in [0.15, 0.2) is 18.2 Å². The summed E-state index contributed by atoms with van der Waals surface area (Å²) in [4.78, 5) is 2.39. The van der Waals surface area contributed by atoms with Crippen molar-refractivity contribution in [3.05, 3.63) is 23.8 Å². The van der Waals surface area contributed by atoms with Gasteiger partial charge in [0.1, 0.15) is 5.75 Å². The summed E-state index contributed by atoms with van der Waals surface area (Å²) in [6, 6.07) is 6.48. The molecule has 0 radical (unpaired) electrons. The minimum absolute atomic E-state index is 0.230. The Balaban J connectivity index is 3.21. The van der Waals surface area contributed by atoms with Crippen molar-refractivity contribution >= 4 is 5.69 Å². The van der Waals surface area contributed by atoms with Crippen LogP contribution in [0.1, 0.15) is 32.4 Å². The van der Waals surface area contributed by atoms with Crippen LogP contribution < -0.4 is 15.0 Å². The van der Waals surface area contributed by atoms with Crippen molar-refractivity contribution in [2.75, 3.05) is 45.9 Å². The molecule has 4 heteroatoms. The molecule has 21 heavy (non-hydrogen) atoms. The third-order valence-electron chi connectivity index (χ3n) is 3.62. The molecular formula is C17H30N2O2. The predicted octanol–water partition coefficient (Wildman–Crippen LogP) is 3.08. The molecule has 120 valence electrons. The van der Waals surface area contributed by atoms with Crippen LogP contribution in [0.2, 0.25) is 0 Å². The Morgan fingerprint density at radius 1 is 1.19 bits per heavy atom. The number of methoxy groups -OCH3 is 2. The summed E-state index contributed by atoms with van der Waals surface area (Å²) < 4.78 is 10.8. The third-order valence-corrected chi connectivity index (χ3v) is 3.62. The Morgan fingerprint density at radius 3 is 2.43 bits per heavy atom. The van der Waals surface area contributed by atoms with Gasteiger partial charge in [-0.15, -0.1) is 0 Å². The molecular weight excluding hydrogens is 264 g/mol. The molecule has 0 fully saturated rings. The molecule has 1 aromatic rings. The molecule has 0 heterocycles. The quantitative estimate of drug-likeness (QED) is 0.759. The summed E-state index contributed by atoms with van der Waals surface area (Å²) in [5.41, 5.74) is 2.43. The average molecular weight is 294 g/mol. The van der Waals surface area contributed by atoms with Gasteiger partial charge < -0.3 is 19.7 Å². The van der Waals surface area contributed by atoms with E-state index in [-0.39, 0.29) is 6.04 Å². The van der Waals surface area contributed by atoms with Crippen LogP contribution in [0.4, 0.5) is 5.69 Å². The van der Waals surface area contributed by atoms with Gasteiger partial charge in [-0.1, -0.05) is 19.9 Å². The lowest BCUT2D eigenvalue weighted by Crippen LogP contribution is -2.32. The first-order valence-corrected chi connectivity index (χ1v) is 7.63. The molecule has 1 rings (SSSR count). The van der Waals surface area contributed by atoms with Crippen LogP contribution in [0.5, 0.6) is 5.75 Å². The maximum atomic E-state index is 5.57. The van der Waals surface area contributed by atoms with Crippen LogP contribution in [0.3, 0.4) is 0 Å². The lowest BCUT2D eigenvalue weighted by molar-refractivity contribution is 0.204. The van der Waals surface area contributed by atoms with Crippen molar-refractivity contribution in [2.24, 2.45) is 5.92 Å². The lowest BCUT2D eigenvalue weighted by Gasteiger charge is -2.31. The number of rotatable bonds is 9. The molecule has 1 N–H and O–H groups in total. The van der Waals surface area contributed by atoms with Crippen LogP contribution in [-0.2, 0) is 4.74 Å².